The van der Waals surface area contributed by atoms with Gasteiger partial charge in [0.05, 0.1) is 0 Å². The fourth-order valence-corrected chi connectivity index (χ4v) is 3.15. The summed E-state index contributed by atoms with van der Waals surface area (Å²) in [5.74, 6) is 1.59. The third-order valence-corrected chi connectivity index (χ3v) is 4.45. The summed E-state index contributed by atoms with van der Waals surface area (Å²) < 4.78 is 0. The van der Waals surface area contributed by atoms with Gasteiger partial charge in [-0.2, -0.15) is 4.98 Å². The molecular weight excluding hydrogens is 284 g/mol. The van der Waals surface area contributed by atoms with Crippen LogP contribution in [0.15, 0.2) is 30.3 Å². The molecule has 122 valence electrons. The van der Waals surface area contributed by atoms with Crippen molar-refractivity contribution in [1.82, 2.24) is 9.97 Å². The van der Waals surface area contributed by atoms with Crippen LogP contribution in [0.1, 0.15) is 49.8 Å². The predicted molar refractivity (Wildman–Crippen MR) is 96.3 cm³/mol. The third-order valence-electron chi connectivity index (χ3n) is 4.45. The highest BCUT2D eigenvalue weighted by Gasteiger charge is 2.13. The predicted octanol–water partition coefficient (Wildman–Crippen LogP) is 4.97. The van der Waals surface area contributed by atoms with Crippen LogP contribution in [0.25, 0.3) is 0 Å². The van der Waals surface area contributed by atoms with Gasteiger partial charge in [-0.3, -0.25) is 0 Å². The molecular formula is C19H26N4. The van der Waals surface area contributed by atoms with Crippen molar-refractivity contribution in [3.63, 3.8) is 0 Å². The van der Waals surface area contributed by atoms with Crippen LogP contribution in [0.3, 0.4) is 0 Å². The quantitative estimate of drug-likeness (QED) is 0.783. The van der Waals surface area contributed by atoms with Crippen molar-refractivity contribution in [2.75, 3.05) is 10.6 Å². The highest BCUT2D eigenvalue weighted by Crippen LogP contribution is 2.22. The lowest BCUT2D eigenvalue weighted by atomic mass is 10.1. The number of para-hydroxylation sites is 1. The molecule has 2 N–H and O–H groups in total. The van der Waals surface area contributed by atoms with Gasteiger partial charge in [-0.15, -0.1) is 0 Å². The lowest BCUT2D eigenvalue weighted by Crippen LogP contribution is -2.20. The van der Waals surface area contributed by atoms with Gasteiger partial charge in [0.25, 0.3) is 0 Å². The van der Waals surface area contributed by atoms with E-state index in [2.05, 4.69) is 39.7 Å². The molecule has 0 amide bonds. The monoisotopic (exact) mass is 310 g/mol. The van der Waals surface area contributed by atoms with Gasteiger partial charge in [-0.05, 0) is 38.3 Å². The largest absolute Gasteiger partial charge is 0.351 e. The van der Waals surface area contributed by atoms with Crippen LogP contribution in [-0.4, -0.2) is 16.0 Å². The van der Waals surface area contributed by atoms with E-state index < -0.39 is 0 Å². The number of aromatic nitrogens is 2. The Bertz CT molecular complexity index is 646. The van der Waals surface area contributed by atoms with Crippen molar-refractivity contribution in [1.29, 1.82) is 0 Å². The molecule has 0 unspecified atom stereocenters. The van der Waals surface area contributed by atoms with E-state index in [0.717, 1.165) is 23.1 Å². The zero-order valence-electron chi connectivity index (χ0n) is 14.1. The summed E-state index contributed by atoms with van der Waals surface area (Å²) >= 11 is 0. The zero-order valence-corrected chi connectivity index (χ0v) is 14.1. The van der Waals surface area contributed by atoms with Crippen LogP contribution < -0.4 is 10.6 Å². The van der Waals surface area contributed by atoms with Gasteiger partial charge in [-0.1, -0.05) is 43.9 Å². The number of nitrogens with one attached hydrogen (secondary N) is 2. The minimum atomic E-state index is 0.505. The molecule has 0 aliphatic heterocycles. The van der Waals surface area contributed by atoms with Crippen molar-refractivity contribution in [2.45, 2.75) is 58.4 Å². The Kier molecular flexibility index (Phi) is 5.11. The van der Waals surface area contributed by atoms with E-state index in [1.165, 1.54) is 44.1 Å². The molecule has 3 rings (SSSR count). The van der Waals surface area contributed by atoms with Crippen LogP contribution in [0.4, 0.5) is 17.5 Å². The fraction of sp³-hybridized carbons (Fsp3) is 0.474. The van der Waals surface area contributed by atoms with Gasteiger partial charge < -0.3 is 10.6 Å². The zero-order chi connectivity index (χ0) is 16.1. The van der Waals surface area contributed by atoms with E-state index in [9.17, 15) is 0 Å². The summed E-state index contributed by atoms with van der Waals surface area (Å²) in [6.07, 6.45) is 7.76. The number of hydrogen-bond acceptors (Lipinski definition) is 4. The summed E-state index contributed by atoms with van der Waals surface area (Å²) in [5.41, 5.74) is 3.28. The van der Waals surface area contributed by atoms with Crippen LogP contribution in [0.5, 0.6) is 0 Å². The molecule has 1 aliphatic carbocycles. The van der Waals surface area contributed by atoms with Gasteiger partial charge in [-0.25, -0.2) is 4.98 Å². The number of rotatable bonds is 4. The Morgan fingerprint density at radius 1 is 0.957 bits per heavy atom. The molecule has 1 saturated carbocycles. The number of hydrogen-bond donors (Lipinski definition) is 2. The molecule has 0 radical (unpaired) electrons. The Morgan fingerprint density at radius 2 is 1.70 bits per heavy atom. The molecule has 0 bridgehead atoms. The first-order valence-corrected chi connectivity index (χ1v) is 8.65. The van der Waals surface area contributed by atoms with Crippen molar-refractivity contribution in [2.24, 2.45) is 0 Å². The Hall–Kier alpha value is -2.10. The summed E-state index contributed by atoms with van der Waals surface area (Å²) in [7, 11) is 0. The highest BCUT2D eigenvalue weighted by molar-refractivity contribution is 5.61. The van der Waals surface area contributed by atoms with Gasteiger partial charge in [0, 0.05) is 23.5 Å². The van der Waals surface area contributed by atoms with Crippen LogP contribution in [0.2, 0.25) is 0 Å². The molecule has 0 atom stereocenters. The molecule has 1 fully saturated rings. The minimum absolute atomic E-state index is 0.505. The first kappa shape index (κ1) is 15.8. The van der Waals surface area contributed by atoms with Crippen molar-refractivity contribution < 1.29 is 0 Å². The van der Waals surface area contributed by atoms with E-state index in [-0.39, 0.29) is 0 Å². The molecule has 0 saturated heterocycles. The molecule has 1 heterocycles. The van der Waals surface area contributed by atoms with Crippen molar-refractivity contribution in [3.8, 4) is 0 Å². The maximum Gasteiger partial charge on any atom is 0.225 e. The second kappa shape index (κ2) is 7.44. The lowest BCUT2D eigenvalue weighted by Gasteiger charge is -2.17. The second-order valence-electron chi connectivity index (χ2n) is 6.49. The van der Waals surface area contributed by atoms with Crippen molar-refractivity contribution >= 4 is 17.5 Å². The minimum Gasteiger partial charge on any atom is -0.351 e. The maximum atomic E-state index is 4.66. The number of aryl methyl sites for hydroxylation is 2. The lowest BCUT2D eigenvalue weighted by molar-refractivity contribution is 0.614. The first-order valence-electron chi connectivity index (χ1n) is 8.65. The topological polar surface area (TPSA) is 49.8 Å². The summed E-state index contributed by atoms with van der Waals surface area (Å²) in [6, 6.07) is 10.8. The number of nitrogens with zero attached hydrogens (tertiary/aromatic N) is 2. The Balaban J connectivity index is 1.74. The number of benzene rings is 1. The summed E-state index contributed by atoms with van der Waals surface area (Å²) in [4.78, 5) is 9.22. The van der Waals surface area contributed by atoms with Gasteiger partial charge in [0.2, 0.25) is 5.95 Å². The van der Waals surface area contributed by atoms with Gasteiger partial charge in [0.15, 0.2) is 0 Å². The first-order chi connectivity index (χ1) is 11.2. The van der Waals surface area contributed by atoms with Gasteiger partial charge in [0.1, 0.15) is 5.82 Å². The summed E-state index contributed by atoms with van der Waals surface area (Å²) in [5, 5.41) is 6.95. The highest BCUT2D eigenvalue weighted by atomic mass is 15.2. The van der Waals surface area contributed by atoms with Crippen molar-refractivity contribution in [3.05, 3.63) is 41.6 Å². The average Bonchev–Trinajstić information content (AvgIpc) is 2.78. The fourth-order valence-electron chi connectivity index (χ4n) is 3.15. The van der Waals surface area contributed by atoms with Crippen LogP contribution >= 0.6 is 0 Å². The maximum absolute atomic E-state index is 4.66. The van der Waals surface area contributed by atoms with E-state index in [1.54, 1.807) is 0 Å². The molecule has 0 spiro atoms. The second-order valence-corrected chi connectivity index (χ2v) is 6.49. The molecule has 23 heavy (non-hydrogen) atoms. The normalized spacial score (nSPS) is 15.9. The molecule has 1 aromatic heterocycles. The Morgan fingerprint density at radius 3 is 2.43 bits per heavy atom. The van der Waals surface area contributed by atoms with E-state index >= 15 is 0 Å². The van der Waals surface area contributed by atoms with E-state index in [0.29, 0.717) is 6.04 Å². The van der Waals surface area contributed by atoms with E-state index in [1.807, 2.05) is 25.1 Å². The summed E-state index contributed by atoms with van der Waals surface area (Å²) in [6.45, 7) is 4.12. The van der Waals surface area contributed by atoms with Gasteiger partial charge >= 0.3 is 0 Å². The average molecular weight is 310 g/mol. The van der Waals surface area contributed by atoms with Crippen LogP contribution in [-0.2, 0) is 0 Å². The SMILES string of the molecule is Cc1cc(Nc2ccccc2C)nc(NC2CCCCCC2)n1. The molecule has 4 heteroatoms. The molecule has 1 aliphatic rings. The van der Waals surface area contributed by atoms with Crippen LogP contribution in [0, 0.1) is 13.8 Å². The Labute approximate surface area is 138 Å². The molecule has 4 nitrogen and oxygen atoms in total. The standard InChI is InChI=1S/C19H26N4/c1-14-9-7-8-12-17(14)22-18-13-15(2)20-19(23-18)21-16-10-5-3-4-6-11-16/h7-9,12-13,16H,3-6,10-11H2,1-2H3,(H2,20,21,22,23). The number of anilines is 3. The third kappa shape index (κ3) is 4.44. The molecule has 1 aromatic carbocycles. The van der Waals surface area contributed by atoms with E-state index in [4.69, 9.17) is 0 Å². The smallest absolute Gasteiger partial charge is 0.225 e. The molecule has 2 aromatic rings.